The first kappa shape index (κ1) is 33.6. The fourth-order valence-electron chi connectivity index (χ4n) is 5.43. The van der Waals surface area contributed by atoms with Crippen LogP contribution in [0.15, 0.2) is 115 Å². The maximum atomic E-state index is 15.5. The second kappa shape index (κ2) is 14.3. The van der Waals surface area contributed by atoms with Crippen molar-refractivity contribution in [2.45, 2.75) is 0 Å². The van der Waals surface area contributed by atoms with E-state index in [0.717, 1.165) is 0 Å². The van der Waals surface area contributed by atoms with Crippen LogP contribution in [0.3, 0.4) is 0 Å². The number of methoxy groups -OCH3 is 4. The summed E-state index contributed by atoms with van der Waals surface area (Å²) in [5.74, 6) is -1.52. The van der Waals surface area contributed by atoms with Crippen molar-refractivity contribution in [1.82, 2.24) is 0 Å². The number of carbonyl (C=O) groups excluding carboxylic acids is 4. The summed E-state index contributed by atoms with van der Waals surface area (Å²) in [5, 5.41) is -0.104. The zero-order chi connectivity index (χ0) is 34.4. The van der Waals surface area contributed by atoms with E-state index < -0.39 is 29.8 Å². The van der Waals surface area contributed by atoms with Gasteiger partial charge < -0.3 is 23.5 Å². The standard InChI is InChI=1S/C38H31O9P/c1-44-29-22-20-27(33(39)24-14-8-5-9-15-24)35(46-3)31(29)37(41)48(43,26-18-12-7-13-19-26)38(42)32-30(45-2)23-21-28(36(32)47-4)34(40)25-16-10-6-11-17-25/h5-23H,1-4H3. The number of ketones is 2. The van der Waals surface area contributed by atoms with Gasteiger partial charge in [0, 0.05) is 16.4 Å². The first-order valence-corrected chi connectivity index (χ1v) is 16.4. The summed E-state index contributed by atoms with van der Waals surface area (Å²) in [6.45, 7) is 0. The number of hydrogen-bond donors (Lipinski definition) is 0. The summed E-state index contributed by atoms with van der Waals surface area (Å²) < 4.78 is 37.8. The van der Waals surface area contributed by atoms with Gasteiger partial charge in [0.2, 0.25) is 18.2 Å². The van der Waals surface area contributed by atoms with Gasteiger partial charge in [-0.1, -0.05) is 91.0 Å². The molecule has 0 fully saturated rings. The summed E-state index contributed by atoms with van der Waals surface area (Å²) in [4.78, 5) is 57.0. The maximum absolute atomic E-state index is 15.5. The van der Waals surface area contributed by atoms with Crippen LogP contribution in [0.5, 0.6) is 23.0 Å². The van der Waals surface area contributed by atoms with Crippen LogP contribution >= 0.6 is 7.14 Å². The minimum absolute atomic E-state index is 0.00877. The molecule has 0 N–H and O–H groups in total. The molecular formula is C38H31O9P. The molecule has 9 nitrogen and oxygen atoms in total. The molecular weight excluding hydrogens is 631 g/mol. The van der Waals surface area contributed by atoms with Gasteiger partial charge in [-0.3, -0.25) is 19.2 Å². The lowest BCUT2D eigenvalue weighted by atomic mass is 9.99. The fourth-order valence-corrected chi connectivity index (χ4v) is 7.72. The van der Waals surface area contributed by atoms with E-state index in [4.69, 9.17) is 18.9 Å². The van der Waals surface area contributed by atoms with E-state index in [-0.39, 0.29) is 50.6 Å². The molecule has 5 rings (SSSR count). The summed E-state index contributed by atoms with van der Waals surface area (Å²) in [7, 11) is 0.184. The average molecular weight is 663 g/mol. The van der Waals surface area contributed by atoms with Crippen LogP contribution in [-0.2, 0) is 4.57 Å². The zero-order valence-corrected chi connectivity index (χ0v) is 27.5. The topological polar surface area (TPSA) is 122 Å². The third kappa shape index (κ3) is 5.92. The Morgan fingerprint density at radius 3 is 1.15 bits per heavy atom. The number of benzene rings is 5. The lowest BCUT2D eigenvalue weighted by molar-refractivity contribution is 0.102. The molecule has 0 aromatic heterocycles. The van der Waals surface area contributed by atoms with Crippen LogP contribution in [0.25, 0.3) is 0 Å². The number of hydrogen-bond acceptors (Lipinski definition) is 9. The first-order valence-electron chi connectivity index (χ1n) is 14.7. The Morgan fingerprint density at radius 1 is 0.458 bits per heavy atom. The van der Waals surface area contributed by atoms with E-state index in [1.807, 2.05) is 0 Å². The van der Waals surface area contributed by atoms with Crippen molar-refractivity contribution in [1.29, 1.82) is 0 Å². The largest absolute Gasteiger partial charge is 0.496 e. The smallest absolute Gasteiger partial charge is 0.249 e. The molecule has 242 valence electrons. The van der Waals surface area contributed by atoms with Crippen LogP contribution < -0.4 is 24.3 Å². The van der Waals surface area contributed by atoms with Crippen molar-refractivity contribution in [2.75, 3.05) is 28.4 Å². The minimum atomic E-state index is -4.92. The van der Waals surface area contributed by atoms with Gasteiger partial charge in [-0.2, -0.15) is 0 Å². The molecule has 0 atom stereocenters. The molecule has 10 heteroatoms. The highest BCUT2D eigenvalue weighted by Gasteiger charge is 2.48. The van der Waals surface area contributed by atoms with Gasteiger partial charge in [0.25, 0.3) is 0 Å². The van der Waals surface area contributed by atoms with Crippen LogP contribution in [0.2, 0.25) is 0 Å². The molecule has 0 aliphatic carbocycles. The summed E-state index contributed by atoms with van der Waals surface area (Å²) in [6, 6.07) is 29.8. The van der Waals surface area contributed by atoms with Crippen LogP contribution in [0.1, 0.15) is 52.6 Å². The third-order valence-corrected chi connectivity index (χ3v) is 10.4. The van der Waals surface area contributed by atoms with Gasteiger partial charge in [-0.15, -0.1) is 0 Å². The molecule has 5 aromatic rings. The van der Waals surface area contributed by atoms with Crippen molar-refractivity contribution < 1.29 is 42.7 Å². The van der Waals surface area contributed by atoms with Crippen LogP contribution in [0, 0.1) is 0 Å². The van der Waals surface area contributed by atoms with Gasteiger partial charge >= 0.3 is 0 Å². The summed E-state index contributed by atoms with van der Waals surface area (Å²) in [5.41, 5.74) is -2.42. The molecule has 0 saturated heterocycles. The first-order chi connectivity index (χ1) is 23.2. The molecule has 0 unspecified atom stereocenters. The van der Waals surface area contributed by atoms with E-state index in [2.05, 4.69) is 0 Å². The van der Waals surface area contributed by atoms with Gasteiger partial charge in [-0.05, 0) is 24.3 Å². The summed E-state index contributed by atoms with van der Waals surface area (Å²) >= 11 is 0. The second-order valence-electron chi connectivity index (χ2n) is 10.4. The SMILES string of the molecule is COc1ccc(C(=O)c2ccccc2)c(OC)c1C(=O)P(=O)(C(=O)c1c(OC)ccc(C(=O)c2ccccc2)c1OC)c1ccccc1. The van der Waals surface area contributed by atoms with Crippen LogP contribution in [-0.4, -0.2) is 51.1 Å². The Balaban J connectivity index is 1.78. The van der Waals surface area contributed by atoms with Crippen molar-refractivity contribution in [2.24, 2.45) is 0 Å². The van der Waals surface area contributed by atoms with E-state index in [1.54, 1.807) is 66.7 Å². The highest BCUT2D eigenvalue weighted by atomic mass is 31.2. The van der Waals surface area contributed by atoms with Crippen LogP contribution in [0.4, 0.5) is 0 Å². The Hall–Kier alpha value is -5.79. The summed E-state index contributed by atoms with van der Waals surface area (Å²) in [6.07, 6.45) is 0. The van der Waals surface area contributed by atoms with E-state index in [9.17, 15) is 19.2 Å². The fraction of sp³-hybridized carbons (Fsp3) is 0.105. The highest BCUT2D eigenvalue weighted by molar-refractivity contribution is 8.01. The maximum Gasteiger partial charge on any atom is 0.249 e. The van der Waals surface area contributed by atoms with Gasteiger partial charge in [-0.25, -0.2) is 0 Å². The number of ether oxygens (including phenoxy) is 4. The molecule has 0 saturated carbocycles. The molecule has 0 amide bonds. The zero-order valence-electron chi connectivity index (χ0n) is 26.6. The Bertz CT molecular complexity index is 1930. The van der Waals surface area contributed by atoms with Gasteiger partial charge in [0.1, 0.15) is 34.1 Å². The third-order valence-electron chi connectivity index (χ3n) is 7.77. The minimum Gasteiger partial charge on any atom is -0.496 e. The average Bonchev–Trinajstić information content (AvgIpc) is 3.16. The normalized spacial score (nSPS) is 10.9. The van der Waals surface area contributed by atoms with Crippen molar-refractivity contribution in [3.05, 3.63) is 149 Å². The second-order valence-corrected chi connectivity index (χ2v) is 12.9. The number of rotatable bonds is 13. The number of carbonyl (C=O) groups is 4. The molecule has 0 aliphatic rings. The molecule has 0 aliphatic heterocycles. The predicted octanol–water partition coefficient (Wildman–Crippen LogP) is 6.85. The lowest BCUT2D eigenvalue weighted by Gasteiger charge is -2.23. The van der Waals surface area contributed by atoms with Crippen molar-refractivity contribution >= 4 is 35.1 Å². The monoisotopic (exact) mass is 662 g/mol. The Kier molecular flexibility index (Phi) is 10.0. The Labute approximate surface area is 277 Å². The van der Waals surface area contributed by atoms with E-state index in [0.29, 0.717) is 11.1 Å². The molecule has 48 heavy (non-hydrogen) atoms. The van der Waals surface area contributed by atoms with Crippen molar-refractivity contribution in [3.63, 3.8) is 0 Å². The molecule has 5 aromatic carbocycles. The molecule has 0 bridgehead atoms. The van der Waals surface area contributed by atoms with E-state index >= 15 is 4.57 Å². The quantitative estimate of drug-likeness (QED) is 0.0984. The highest BCUT2D eigenvalue weighted by Crippen LogP contribution is 2.56. The lowest BCUT2D eigenvalue weighted by Crippen LogP contribution is -2.23. The van der Waals surface area contributed by atoms with Gasteiger partial charge in [0.15, 0.2) is 11.6 Å². The predicted molar refractivity (Wildman–Crippen MR) is 181 cm³/mol. The molecule has 0 spiro atoms. The van der Waals surface area contributed by atoms with E-state index in [1.165, 1.54) is 77.0 Å². The molecule has 0 radical (unpaired) electrons. The Morgan fingerprint density at radius 2 is 0.812 bits per heavy atom. The van der Waals surface area contributed by atoms with Gasteiger partial charge in [0.05, 0.1) is 39.6 Å². The van der Waals surface area contributed by atoms with Crippen molar-refractivity contribution in [3.8, 4) is 23.0 Å². The molecule has 0 heterocycles.